The number of benzene rings is 2. The third kappa shape index (κ3) is 2.66. The van der Waals surface area contributed by atoms with Crippen molar-refractivity contribution in [3.8, 4) is 11.5 Å². The van der Waals surface area contributed by atoms with E-state index in [1.165, 1.54) is 36.4 Å². The Morgan fingerprint density at radius 2 is 1.50 bits per heavy atom. The van der Waals surface area contributed by atoms with E-state index in [0.29, 0.717) is 0 Å². The van der Waals surface area contributed by atoms with Crippen molar-refractivity contribution < 1.29 is 17.5 Å². The average Bonchev–Trinajstić information content (AvgIpc) is 2.31. The van der Waals surface area contributed by atoms with Crippen molar-refractivity contribution in [2.75, 3.05) is 0 Å². The second-order valence-corrected chi connectivity index (χ2v) is 5.05. The van der Waals surface area contributed by atoms with E-state index < -0.39 is 15.8 Å². The number of para-hydroxylation sites is 2. The zero-order valence-electron chi connectivity index (χ0n) is 9.21. The number of hydrogen-bond acceptors (Lipinski definition) is 3. The molecule has 18 heavy (non-hydrogen) atoms. The Morgan fingerprint density at radius 3 is 2.11 bits per heavy atom. The minimum Gasteiger partial charge on any atom is -0.453 e. The van der Waals surface area contributed by atoms with Gasteiger partial charge in [0.05, 0.1) is 0 Å². The van der Waals surface area contributed by atoms with Gasteiger partial charge in [0.1, 0.15) is 10.6 Å². The molecular weight excluding hydrogens is 257 g/mol. The lowest BCUT2D eigenvalue weighted by molar-refractivity contribution is 0.431. The molecule has 0 aliphatic carbocycles. The van der Waals surface area contributed by atoms with E-state index in [4.69, 9.17) is 9.88 Å². The number of hydrogen-bond donors (Lipinski definition) is 1. The summed E-state index contributed by atoms with van der Waals surface area (Å²) >= 11 is 0. The third-order valence-electron chi connectivity index (χ3n) is 2.21. The monoisotopic (exact) mass is 267 g/mol. The van der Waals surface area contributed by atoms with Gasteiger partial charge in [-0.2, -0.15) is 0 Å². The molecule has 0 amide bonds. The molecule has 0 aliphatic heterocycles. The summed E-state index contributed by atoms with van der Waals surface area (Å²) in [5, 5.41) is 5.05. The molecule has 0 saturated heterocycles. The number of nitrogens with two attached hydrogens (primary N) is 1. The molecule has 0 bridgehead atoms. The number of ether oxygens (including phenoxy) is 1. The summed E-state index contributed by atoms with van der Waals surface area (Å²) in [7, 11) is -3.91. The molecule has 0 radical (unpaired) electrons. The van der Waals surface area contributed by atoms with Crippen molar-refractivity contribution >= 4 is 10.0 Å². The molecule has 0 atom stereocenters. The zero-order chi connectivity index (χ0) is 13.2. The molecule has 0 aliphatic rings. The predicted octanol–water partition coefficient (Wildman–Crippen LogP) is 2.27. The summed E-state index contributed by atoms with van der Waals surface area (Å²) in [6.45, 7) is 0. The summed E-state index contributed by atoms with van der Waals surface area (Å²) in [5.41, 5.74) is 0. The molecular formula is C12H10FNO3S. The van der Waals surface area contributed by atoms with E-state index in [1.54, 1.807) is 12.1 Å². The van der Waals surface area contributed by atoms with E-state index in [9.17, 15) is 12.8 Å². The fourth-order valence-corrected chi connectivity index (χ4v) is 2.07. The normalized spacial score (nSPS) is 11.2. The van der Waals surface area contributed by atoms with Crippen LogP contribution in [0.15, 0.2) is 53.4 Å². The van der Waals surface area contributed by atoms with Crippen molar-refractivity contribution in [2.45, 2.75) is 4.90 Å². The van der Waals surface area contributed by atoms with Gasteiger partial charge >= 0.3 is 0 Å². The van der Waals surface area contributed by atoms with Crippen LogP contribution in [0.5, 0.6) is 11.5 Å². The molecule has 0 saturated carbocycles. The second kappa shape index (κ2) is 4.75. The van der Waals surface area contributed by atoms with Crippen LogP contribution in [0.3, 0.4) is 0 Å². The first kappa shape index (κ1) is 12.5. The summed E-state index contributed by atoms with van der Waals surface area (Å²) in [6.07, 6.45) is 0. The van der Waals surface area contributed by atoms with Gasteiger partial charge in [-0.05, 0) is 24.3 Å². The van der Waals surface area contributed by atoms with Gasteiger partial charge in [0.2, 0.25) is 10.0 Å². The van der Waals surface area contributed by atoms with Crippen LogP contribution in [0.25, 0.3) is 0 Å². The van der Waals surface area contributed by atoms with E-state index in [1.807, 2.05) is 0 Å². The highest BCUT2D eigenvalue weighted by Crippen LogP contribution is 2.29. The van der Waals surface area contributed by atoms with Gasteiger partial charge in [-0.3, -0.25) is 0 Å². The zero-order valence-corrected chi connectivity index (χ0v) is 10.0. The van der Waals surface area contributed by atoms with Crippen LogP contribution in [-0.2, 0) is 10.0 Å². The molecule has 4 nitrogen and oxygen atoms in total. The van der Waals surface area contributed by atoms with Crippen LogP contribution in [0.1, 0.15) is 0 Å². The molecule has 2 aromatic carbocycles. The number of primary sulfonamides is 1. The Bertz CT molecular complexity index is 671. The van der Waals surface area contributed by atoms with Gasteiger partial charge in [-0.1, -0.05) is 24.3 Å². The SMILES string of the molecule is NS(=O)(=O)c1ccccc1Oc1ccccc1F. The molecule has 0 aromatic heterocycles. The van der Waals surface area contributed by atoms with Gasteiger partial charge in [0, 0.05) is 0 Å². The van der Waals surface area contributed by atoms with Gasteiger partial charge in [0.15, 0.2) is 11.6 Å². The van der Waals surface area contributed by atoms with Crippen molar-refractivity contribution in [3.63, 3.8) is 0 Å². The lowest BCUT2D eigenvalue weighted by Crippen LogP contribution is -2.13. The number of sulfonamides is 1. The summed E-state index contributed by atoms with van der Waals surface area (Å²) in [6, 6.07) is 11.5. The largest absolute Gasteiger partial charge is 0.453 e. The molecule has 0 fully saturated rings. The van der Waals surface area contributed by atoms with E-state index in [2.05, 4.69) is 0 Å². The fraction of sp³-hybridized carbons (Fsp3) is 0. The first-order chi connectivity index (χ1) is 8.48. The minimum absolute atomic E-state index is 0.00917. The van der Waals surface area contributed by atoms with Gasteiger partial charge < -0.3 is 4.74 Å². The average molecular weight is 267 g/mol. The van der Waals surface area contributed by atoms with E-state index in [0.717, 1.165) is 0 Å². The Balaban J connectivity index is 2.45. The number of halogens is 1. The molecule has 6 heteroatoms. The van der Waals surface area contributed by atoms with Crippen LogP contribution in [-0.4, -0.2) is 8.42 Å². The lowest BCUT2D eigenvalue weighted by atomic mass is 10.3. The van der Waals surface area contributed by atoms with Crippen LogP contribution < -0.4 is 9.88 Å². The summed E-state index contributed by atoms with van der Waals surface area (Å²) in [4.78, 5) is -0.187. The van der Waals surface area contributed by atoms with Crippen LogP contribution in [0.4, 0.5) is 4.39 Å². The lowest BCUT2D eigenvalue weighted by Gasteiger charge is -2.09. The van der Waals surface area contributed by atoms with Crippen molar-refractivity contribution in [2.24, 2.45) is 5.14 Å². The molecule has 0 unspecified atom stereocenters. The van der Waals surface area contributed by atoms with Crippen LogP contribution >= 0.6 is 0 Å². The van der Waals surface area contributed by atoms with Crippen molar-refractivity contribution in [1.29, 1.82) is 0 Å². The summed E-state index contributed by atoms with van der Waals surface area (Å²) < 4.78 is 41.3. The molecule has 94 valence electrons. The first-order valence-corrected chi connectivity index (χ1v) is 6.57. The predicted molar refractivity (Wildman–Crippen MR) is 64.3 cm³/mol. The fourth-order valence-electron chi connectivity index (χ4n) is 1.42. The number of rotatable bonds is 3. The molecule has 2 rings (SSSR count). The maximum atomic E-state index is 13.4. The smallest absolute Gasteiger partial charge is 0.241 e. The van der Waals surface area contributed by atoms with Gasteiger partial charge in [0.25, 0.3) is 0 Å². The van der Waals surface area contributed by atoms with Gasteiger partial charge in [-0.15, -0.1) is 0 Å². The van der Waals surface area contributed by atoms with Gasteiger partial charge in [-0.25, -0.2) is 17.9 Å². The Morgan fingerprint density at radius 1 is 0.944 bits per heavy atom. The Kier molecular flexibility index (Phi) is 3.31. The summed E-state index contributed by atoms with van der Waals surface area (Å²) in [5.74, 6) is -0.652. The molecule has 0 heterocycles. The third-order valence-corrected chi connectivity index (χ3v) is 3.16. The highest BCUT2D eigenvalue weighted by atomic mass is 32.2. The first-order valence-electron chi connectivity index (χ1n) is 5.03. The quantitative estimate of drug-likeness (QED) is 0.927. The van der Waals surface area contributed by atoms with Crippen LogP contribution in [0, 0.1) is 5.82 Å². The van der Waals surface area contributed by atoms with Crippen molar-refractivity contribution in [1.82, 2.24) is 0 Å². The standard InChI is InChI=1S/C12H10FNO3S/c13-9-5-1-2-6-10(9)17-11-7-3-4-8-12(11)18(14,15)16/h1-8H,(H2,14,15,16). The minimum atomic E-state index is -3.91. The maximum Gasteiger partial charge on any atom is 0.241 e. The van der Waals surface area contributed by atoms with Crippen molar-refractivity contribution in [3.05, 3.63) is 54.3 Å². The van der Waals surface area contributed by atoms with Crippen LogP contribution in [0.2, 0.25) is 0 Å². The highest BCUT2D eigenvalue weighted by molar-refractivity contribution is 7.89. The van der Waals surface area contributed by atoms with E-state index in [-0.39, 0.29) is 16.4 Å². The van der Waals surface area contributed by atoms with E-state index >= 15 is 0 Å². The molecule has 2 aromatic rings. The Labute approximate surface area is 104 Å². The highest BCUT2D eigenvalue weighted by Gasteiger charge is 2.15. The maximum absolute atomic E-state index is 13.4. The Hall–Kier alpha value is -1.92. The second-order valence-electron chi connectivity index (χ2n) is 3.52. The topological polar surface area (TPSA) is 69.4 Å². The molecule has 2 N–H and O–H groups in total. The molecule has 0 spiro atoms.